The van der Waals surface area contributed by atoms with E-state index in [2.05, 4.69) is 73.0 Å². The molecule has 0 amide bonds. The second kappa shape index (κ2) is 12.4. The van der Waals surface area contributed by atoms with Crippen LogP contribution in [0.25, 0.3) is 38.8 Å². The summed E-state index contributed by atoms with van der Waals surface area (Å²) in [5.41, 5.74) is 8.48. The van der Waals surface area contributed by atoms with Crippen LogP contribution < -0.4 is 9.80 Å². The Kier molecular flexibility index (Phi) is 7.66. The number of benzene rings is 6. The van der Waals surface area contributed by atoms with E-state index in [0.717, 1.165) is 50.0 Å². The second-order valence-corrected chi connectivity index (χ2v) is 14.7. The van der Waals surface area contributed by atoms with Crippen molar-refractivity contribution in [3.05, 3.63) is 181 Å². The number of halogens is 2. The highest BCUT2D eigenvalue weighted by Gasteiger charge is 2.36. The fourth-order valence-electron chi connectivity index (χ4n) is 7.67. The SMILES string of the molecule is CC(C)(C)c1ccnc(-n2c3ccccc3c3ccc(C(F)(F)c4cccc(N5CN(c6ccccc6-c6ccccc6)c6ccccc65)c4)cc32)c1. The Bertz CT molecular complexity index is 2640. The lowest BCUT2D eigenvalue weighted by molar-refractivity contribution is 0.0430. The average Bonchev–Trinajstić information content (AvgIpc) is 3.74. The zero-order chi connectivity index (χ0) is 36.3. The number of pyridine rings is 1. The van der Waals surface area contributed by atoms with Crippen molar-refractivity contribution in [2.45, 2.75) is 32.1 Å². The fraction of sp³-hybridized carbons (Fsp3) is 0.128. The van der Waals surface area contributed by atoms with Crippen LogP contribution in [0.5, 0.6) is 0 Å². The van der Waals surface area contributed by atoms with Crippen LogP contribution in [0.2, 0.25) is 0 Å². The van der Waals surface area contributed by atoms with Crippen LogP contribution in [0.4, 0.5) is 31.5 Å². The van der Waals surface area contributed by atoms with Crippen LogP contribution in [-0.4, -0.2) is 16.2 Å². The average molecular weight is 697 g/mol. The summed E-state index contributed by atoms with van der Waals surface area (Å²) >= 11 is 0. The van der Waals surface area contributed by atoms with E-state index < -0.39 is 5.92 Å². The quantitative estimate of drug-likeness (QED) is 0.173. The third-order valence-electron chi connectivity index (χ3n) is 10.4. The summed E-state index contributed by atoms with van der Waals surface area (Å²) in [5, 5.41) is 1.90. The third-order valence-corrected chi connectivity index (χ3v) is 10.4. The van der Waals surface area contributed by atoms with Crippen molar-refractivity contribution in [3.8, 4) is 16.9 Å². The van der Waals surface area contributed by atoms with Crippen molar-refractivity contribution in [2.24, 2.45) is 0 Å². The molecule has 0 unspecified atom stereocenters. The number of anilines is 4. The largest absolute Gasteiger partial charge is 0.321 e. The Morgan fingerprint density at radius 3 is 1.98 bits per heavy atom. The molecule has 0 bridgehead atoms. The normalized spacial score (nSPS) is 13.2. The van der Waals surface area contributed by atoms with Crippen LogP contribution in [0, 0.1) is 0 Å². The number of hydrogen-bond acceptors (Lipinski definition) is 3. The molecule has 0 aliphatic carbocycles. The van der Waals surface area contributed by atoms with E-state index in [1.807, 2.05) is 89.5 Å². The molecule has 1 aliphatic rings. The molecule has 260 valence electrons. The van der Waals surface area contributed by atoms with E-state index in [4.69, 9.17) is 4.98 Å². The summed E-state index contributed by atoms with van der Waals surface area (Å²) in [5.74, 6) is -2.57. The molecule has 8 aromatic rings. The van der Waals surface area contributed by atoms with Crippen LogP contribution in [0.1, 0.15) is 37.5 Å². The number of para-hydroxylation sites is 4. The monoisotopic (exact) mass is 696 g/mol. The van der Waals surface area contributed by atoms with Crippen LogP contribution >= 0.6 is 0 Å². The summed E-state index contributed by atoms with van der Waals surface area (Å²) < 4.78 is 35.8. The zero-order valence-corrected chi connectivity index (χ0v) is 29.8. The smallest absolute Gasteiger partial charge is 0.298 e. The maximum Gasteiger partial charge on any atom is 0.298 e. The molecule has 0 spiro atoms. The molecule has 6 aromatic carbocycles. The number of alkyl halides is 2. The van der Waals surface area contributed by atoms with E-state index in [1.165, 1.54) is 6.07 Å². The molecule has 0 N–H and O–H groups in total. The minimum atomic E-state index is -3.27. The van der Waals surface area contributed by atoms with Gasteiger partial charge in [0.2, 0.25) is 0 Å². The predicted octanol–water partition coefficient (Wildman–Crippen LogP) is 12.5. The molecule has 6 heteroatoms. The molecule has 0 fully saturated rings. The second-order valence-electron chi connectivity index (χ2n) is 14.7. The fourth-order valence-corrected chi connectivity index (χ4v) is 7.67. The first kappa shape index (κ1) is 32.6. The predicted molar refractivity (Wildman–Crippen MR) is 214 cm³/mol. The maximum absolute atomic E-state index is 16.9. The lowest BCUT2D eigenvalue weighted by Crippen LogP contribution is -2.25. The minimum absolute atomic E-state index is 0.0644. The van der Waals surface area contributed by atoms with E-state index >= 15 is 8.78 Å². The number of aromatic nitrogens is 2. The number of rotatable bonds is 6. The van der Waals surface area contributed by atoms with Gasteiger partial charge in [0.05, 0.1) is 28.1 Å². The van der Waals surface area contributed by atoms with E-state index in [0.29, 0.717) is 23.7 Å². The van der Waals surface area contributed by atoms with Crippen molar-refractivity contribution < 1.29 is 8.78 Å². The van der Waals surface area contributed by atoms with Gasteiger partial charge in [0.15, 0.2) is 0 Å². The van der Waals surface area contributed by atoms with Gasteiger partial charge < -0.3 is 9.80 Å². The van der Waals surface area contributed by atoms with Crippen molar-refractivity contribution >= 4 is 44.6 Å². The van der Waals surface area contributed by atoms with Gasteiger partial charge in [0, 0.05) is 39.3 Å². The Morgan fingerprint density at radius 2 is 1.19 bits per heavy atom. The molecule has 1 aliphatic heterocycles. The molecular formula is C47H38F2N4. The van der Waals surface area contributed by atoms with Crippen molar-refractivity contribution in [3.63, 3.8) is 0 Å². The van der Waals surface area contributed by atoms with Crippen LogP contribution in [-0.2, 0) is 11.3 Å². The van der Waals surface area contributed by atoms with Crippen LogP contribution in [0.15, 0.2) is 164 Å². The third kappa shape index (κ3) is 5.53. The zero-order valence-electron chi connectivity index (χ0n) is 29.8. The van der Waals surface area contributed by atoms with Gasteiger partial charge in [-0.15, -0.1) is 0 Å². The molecule has 3 heterocycles. The van der Waals surface area contributed by atoms with Crippen molar-refractivity contribution in [2.75, 3.05) is 16.5 Å². The molecule has 0 atom stereocenters. The molecule has 0 saturated heterocycles. The highest BCUT2D eigenvalue weighted by Crippen LogP contribution is 2.48. The summed E-state index contributed by atoms with van der Waals surface area (Å²) in [6.45, 7) is 6.96. The van der Waals surface area contributed by atoms with E-state index in [1.54, 1.807) is 30.5 Å². The Hall–Kier alpha value is -6.27. The van der Waals surface area contributed by atoms with E-state index in [9.17, 15) is 0 Å². The lowest BCUT2D eigenvalue weighted by Gasteiger charge is -2.25. The van der Waals surface area contributed by atoms with Gasteiger partial charge in [-0.05, 0) is 71.1 Å². The topological polar surface area (TPSA) is 24.3 Å². The number of nitrogens with zero attached hydrogens (tertiary/aromatic N) is 4. The molecule has 0 radical (unpaired) electrons. The Morgan fingerprint density at radius 1 is 0.528 bits per heavy atom. The van der Waals surface area contributed by atoms with Gasteiger partial charge in [0.25, 0.3) is 5.92 Å². The highest BCUT2D eigenvalue weighted by atomic mass is 19.3. The summed E-state index contributed by atoms with van der Waals surface area (Å²) in [6.07, 6.45) is 1.80. The van der Waals surface area contributed by atoms with Gasteiger partial charge >= 0.3 is 0 Å². The molecule has 2 aromatic heterocycles. The number of fused-ring (bicyclic) bond motifs is 4. The van der Waals surface area contributed by atoms with Crippen LogP contribution in [0.3, 0.4) is 0 Å². The highest BCUT2D eigenvalue weighted by molar-refractivity contribution is 6.09. The van der Waals surface area contributed by atoms with Gasteiger partial charge in [-0.25, -0.2) is 4.98 Å². The molecular weight excluding hydrogens is 659 g/mol. The first-order valence-electron chi connectivity index (χ1n) is 18.0. The van der Waals surface area contributed by atoms with Crippen molar-refractivity contribution in [1.82, 2.24) is 9.55 Å². The lowest BCUT2D eigenvalue weighted by atomic mass is 9.88. The summed E-state index contributed by atoms with van der Waals surface area (Å²) in [7, 11) is 0. The van der Waals surface area contributed by atoms with Gasteiger partial charge in [-0.3, -0.25) is 4.57 Å². The Balaban J connectivity index is 1.12. The van der Waals surface area contributed by atoms with Crippen molar-refractivity contribution in [1.29, 1.82) is 0 Å². The molecule has 0 saturated carbocycles. The van der Waals surface area contributed by atoms with E-state index in [-0.39, 0.29) is 16.5 Å². The molecule has 53 heavy (non-hydrogen) atoms. The van der Waals surface area contributed by atoms with Gasteiger partial charge in [-0.1, -0.05) is 124 Å². The molecule has 9 rings (SSSR count). The summed E-state index contributed by atoms with van der Waals surface area (Å²) in [4.78, 5) is 9.11. The summed E-state index contributed by atoms with van der Waals surface area (Å²) in [6, 6.07) is 50.8. The maximum atomic E-state index is 16.9. The first-order valence-corrected chi connectivity index (χ1v) is 18.0. The minimum Gasteiger partial charge on any atom is -0.321 e. The first-order chi connectivity index (χ1) is 25.7. The Labute approximate surface area is 308 Å². The standard InChI is InChI=1S/C47H38F2N4/c1-46(2,3)33-26-27-50-45(30-33)53-41-21-10-8-19-38(41)39-25-24-35(29-44(39)53)47(48,49)34-16-13-17-36(28-34)51-31-52(43-23-12-11-22-42(43)51)40-20-9-7-18-37(40)32-14-5-4-6-15-32/h4-30H,31H2,1-3H3. The van der Waals surface area contributed by atoms with Gasteiger partial charge in [-0.2, -0.15) is 8.78 Å². The number of hydrogen-bond donors (Lipinski definition) is 0. The van der Waals surface area contributed by atoms with Gasteiger partial charge in [0.1, 0.15) is 12.5 Å². The molecule has 4 nitrogen and oxygen atoms in total.